The van der Waals surface area contributed by atoms with Gasteiger partial charge in [-0.3, -0.25) is 4.68 Å². The van der Waals surface area contributed by atoms with Crippen molar-refractivity contribution in [1.29, 1.82) is 0 Å². The van der Waals surface area contributed by atoms with Crippen LogP contribution in [0.2, 0.25) is 5.02 Å². The minimum absolute atomic E-state index is 0.330. The summed E-state index contributed by atoms with van der Waals surface area (Å²) in [6.07, 6.45) is 1.59. The third kappa shape index (κ3) is 3.52. The first kappa shape index (κ1) is 14.0. The first-order chi connectivity index (χ1) is 9.10. The second-order valence-corrected chi connectivity index (χ2v) is 4.70. The molecule has 6 heteroatoms. The van der Waals surface area contributed by atoms with Gasteiger partial charge in [-0.25, -0.2) is 9.37 Å². The number of halogens is 2. The monoisotopic (exact) mass is 283 g/mol. The van der Waals surface area contributed by atoms with Crippen molar-refractivity contribution in [2.75, 3.05) is 0 Å². The molecule has 0 bridgehead atoms. The third-order valence-electron chi connectivity index (χ3n) is 2.88. The Morgan fingerprint density at radius 1 is 1.42 bits per heavy atom. The van der Waals surface area contributed by atoms with Gasteiger partial charge in [0.1, 0.15) is 18.0 Å². The number of aliphatic hydroxyl groups excluding tert-OH is 1. The molecule has 2 rings (SSSR count). The molecule has 0 spiro atoms. The molecule has 0 aliphatic carbocycles. The number of aryl methyl sites for hydroxylation is 1. The Balaban J connectivity index is 2.03. The quantitative estimate of drug-likeness (QED) is 0.915. The minimum atomic E-state index is -0.627. The second-order valence-electron chi connectivity index (χ2n) is 4.29. The SMILES string of the molecule is CCn1ncnc1CC(O)Cc1ccc(F)cc1Cl. The highest BCUT2D eigenvalue weighted by Crippen LogP contribution is 2.19. The summed E-state index contributed by atoms with van der Waals surface area (Å²) in [6.45, 7) is 2.67. The zero-order valence-electron chi connectivity index (χ0n) is 10.6. The highest BCUT2D eigenvalue weighted by Gasteiger charge is 2.13. The maximum atomic E-state index is 12.9. The van der Waals surface area contributed by atoms with Gasteiger partial charge in [0, 0.05) is 24.4 Å². The zero-order chi connectivity index (χ0) is 13.8. The Hall–Kier alpha value is -1.46. The molecule has 102 valence electrons. The van der Waals surface area contributed by atoms with Gasteiger partial charge in [0.15, 0.2) is 0 Å². The number of benzene rings is 1. The predicted octanol–water partition coefficient (Wildman–Crippen LogP) is 2.24. The summed E-state index contributed by atoms with van der Waals surface area (Å²) in [5.41, 5.74) is 0.720. The molecular formula is C13H15ClFN3O. The zero-order valence-corrected chi connectivity index (χ0v) is 11.3. The van der Waals surface area contributed by atoms with Crippen molar-refractivity contribution in [2.24, 2.45) is 0 Å². The third-order valence-corrected chi connectivity index (χ3v) is 3.24. The summed E-state index contributed by atoms with van der Waals surface area (Å²) in [6, 6.07) is 4.17. The van der Waals surface area contributed by atoms with E-state index in [0.717, 1.165) is 11.4 Å². The molecule has 1 aromatic carbocycles. The van der Waals surface area contributed by atoms with Crippen molar-refractivity contribution in [3.8, 4) is 0 Å². The maximum absolute atomic E-state index is 12.9. The molecule has 0 aliphatic heterocycles. The largest absolute Gasteiger partial charge is 0.392 e. The normalized spacial score (nSPS) is 12.6. The van der Waals surface area contributed by atoms with Crippen LogP contribution in [0.25, 0.3) is 0 Å². The summed E-state index contributed by atoms with van der Waals surface area (Å²) < 4.78 is 14.7. The Bertz CT molecular complexity index is 559. The molecule has 1 unspecified atom stereocenters. The molecule has 1 heterocycles. The van der Waals surface area contributed by atoms with Gasteiger partial charge >= 0.3 is 0 Å². The van der Waals surface area contributed by atoms with E-state index >= 15 is 0 Å². The molecular weight excluding hydrogens is 269 g/mol. The summed E-state index contributed by atoms with van der Waals surface area (Å²) in [7, 11) is 0. The molecule has 1 atom stereocenters. The average Bonchev–Trinajstić information content (AvgIpc) is 2.80. The van der Waals surface area contributed by atoms with E-state index in [1.165, 1.54) is 18.5 Å². The van der Waals surface area contributed by atoms with Crippen LogP contribution < -0.4 is 0 Å². The van der Waals surface area contributed by atoms with E-state index in [2.05, 4.69) is 10.1 Å². The number of nitrogens with zero attached hydrogens (tertiary/aromatic N) is 3. The molecule has 4 nitrogen and oxygen atoms in total. The molecule has 0 radical (unpaired) electrons. The van der Waals surface area contributed by atoms with Crippen molar-refractivity contribution in [2.45, 2.75) is 32.4 Å². The Labute approximate surface area is 115 Å². The van der Waals surface area contributed by atoms with Crippen LogP contribution in [0.4, 0.5) is 4.39 Å². The van der Waals surface area contributed by atoms with E-state index in [1.54, 1.807) is 10.7 Å². The average molecular weight is 284 g/mol. The van der Waals surface area contributed by atoms with Crippen molar-refractivity contribution in [1.82, 2.24) is 14.8 Å². The first-order valence-electron chi connectivity index (χ1n) is 6.08. The van der Waals surface area contributed by atoms with Crippen molar-refractivity contribution >= 4 is 11.6 Å². The number of aliphatic hydroxyl groups is 1. The van der Waals surface area contributed by atoms with Crippen LogP contribution in [0.15, 0.2) is 24.5 Å². The maximum Gasteiger partial charge on any atom is 0.138 e. The lowest BCUT2D eigenvalue weighted by atomic mass is 10.1. The van der Waals surface area contributed by atoms with Gasteiger partial charge in [-0.05, 0) is 24.6 Å². The Morgan fingerprint density at radius 3 is 2.89 bits per heavy atom. The molecule has 1 N–H and O–H groups in total. The molecule has 0 saturated carbocycles. The van der Waals surface area contributed by atoms with Gasteiger partial charge in [-0.15, -0.1) is 0 Å². The topological polar surface area (TPSA) is 50.9 Å². The van der Waals surface area contributed by atoms with Crippen LogP contribution in [0.1, 0.15) is 18.3 Å². The lowest BCUT2D eigenvalue weighted by molar-refractivity contribution is 0.171. The Kier molecular flexibility index (Phi) is 4.50. The molecule has 0 amide bonds. The smallest absolute Gasteiger partial charge is 0.138 e. The van der Waals surface area contributed by atoms with E-state index in [9.17, 15) is 9.50 Å². The van der Waals surface area contributed by atoms with Crippen LogP contribution in [-0.4, -0.2) is 26.0 Å². The van der Waals surface area contributed by atoms with Gasteiger partial charge in [0.25, 0.3) is 0 Å². The van der Waals surface area contributed by atoms with Crippen molar-refractivity contribution in [3.63, 3.8) is 0 Å². The van der Waals surface area contributed by atoms with E-state index in [-0.39, 0.29) is 5.82 Å². The van der Waals surface area contributed by atoms with Crippen molar-refractivity contribution < 1.29 is 9.50 Å². The lowest BCUT2D eigenvalue weighted by Gasteiger charge is -2.12. The standard InChI is InChI=1S/C13H15ClFN3O/c1-2-18-13(16-8-17-18)7-11(19)5-9-3-4-10(15)6-12(9)14/h3-4,6,8,11,19H,2,5,7H2,1H3. The molecule has 2 aromatic rings. The van der Waals surface area contributed by atoms with Crippen LogP contribution in [-0.2, 0) is 19.4 Å². The fourth-order valence-electron chi connectivity index (χ4n) is 1.93. The molecule has 1 aromatic heterocycles. The van der Waals surface area contributed by atoms with Crippen LogP contribution in [0, 0.1) is 5.82 Å². The molecule has 19 heavy (non-hydrogen) atoms. The van der Waals surface area contributed by atoms with Crippen LogP contribution >= 0.6 is 11.6 Å². The molecule has 0 fully saturated rings. The molecule has 0 saturated heterocycles. The van der Waals surface area contributed by atoms with Crippen LogP contribution in [0.3, 0.4) is 0 Å². The van der Waals surface area contributed by atoms with Gasteiger partial charge in [-0.1, -0.05) is 17.7 Å². The second kappa shape index (κ2) is 6.12. The van der Waals surface area contributed by atoms with E-state index in [4.69, 9.17) is 11.6 Å². The fraction of sp³-hybridized carbons (Fsp3) is 0.385. The van der Waals surface area contributed by atoms with Crippen LogP contribution in [0.5, 0.6) is 0 Å². The lowest BCUT2D eigenvalue weighted by Crippen LogP contribution is -2.18. The first-order valence-corrected chi connectivity index (χ1v) is 6.46. The molecule has 0 aliphatic rings. The van der Waals surface area contributed by atoms with Gasteiger partial charge in [0.2, 0.25) is 0 Å². The highest BCUT2D eigenvalue weighted by molar-refractivity contribution is 6.31. The number of rotatable bonds is 5. The number of hydrogen-bond acceptors (Lipinski definition) is 3. The van der Waals surface area contributed by atoms with E-state index in [1.807, 2.05) is 6.92 Å². The highest BCUT2D eigenvalue weighted by atomic mass is 35.5. The summed E-state index contributed by atoms with van der Waals surface area (Å²) in [5, 5.41) is 14.4. The van der Waals surface area contributed by atoms with Crippen molar-refractivity contribution in [3.05, 3.63) is 46.8 Å². The fourth-order valence-corrected chi connectivity index (χ4v) is 2.18. The summed E-state index contributed by atoms with van der Waals surface area (Å²) in [4.78, 5) is 4.10. The van der Waals surface area contributed by atoms with Gasteiger partial charge in [-0.2, -0.15) is 5.10 Å². The van der Waals surface area contributed by atoms with Gasteiger partial charge in [0.05, 0.1) is 6.10 Å². The summed E-state index contributed by atoms with van der Waals surface area (Å²) >= 11 is 5.93. The Morgan fingerprint density at radius 2 is 2.21 bits per heavy atom. The number of aromatic nitrogens is 3. The predicted molar refractivity (Wildman–Crippen MR) is 70.5 cm³/mol. The van der Waals surface area contributed by atoms with E-state index in [0.29, 0.717) is 24.4 Å². The summed E-state index contributed by atoms with van der Waals surface area (Å²) in [5.74, 6) is 0.349. The minimum Gasteiger partial charge on any atom is -0.392 e. The van der Waals surface area contributed by atoms with E-state index < -0.39 is 6.10 Å². The van der Waals surface area contributed by atoms with Gasteiger partial charge < -0.3 is 5.11 Å². The number of hydrogen-bond donors (Lipinski definition) is 1.